The Kier molecular flexibility index (Phi) is 8.14. The summed E-state index contributed by atoms with van der Waals surface area (Å²) < 4.78 is 10.9. The quantitative estimate of drug-likeness (QED) is 0.310. The molecule has 8 atom stereocenters. The number of alkyl carbamates (subject to hydrolysis) is 1. The fourth-order valence-electron chi connectivity index (χ4n) is 13.2. The molecule has 280 valence electrons. The largest absolute Gasteiger partial charge is 0.458 e. The Bertz CT molecular complexity index is 1740. The highest BCUT2D eigenvalue weighted by atomic mass is 16.6. The SMILES string of the molecule is CC(=O)OCC(=O)[C@@]12CN(Cc3ccc(CC45CC(NC(=O)OC(C)(C)C)(C4)C5)cc3)C[C@@H]1C[C@H]1[C@@H]3CCC4=CC(=O)C=C[C@]4(C)[C@H]3[C@@H](O)C[C@@]12C. The van der Waals surface area contributed by atoms with Crippen molar-refractivity contribution in [2.45, 2.75) is 117 Å². The van der Waals surface area contributed by atoms with E-state index in [0.717, 1.165) is 63.6 Å². The van der Waals surface area contributed by atoms with E-state index in [1.165, 1.54) is 18.1 Å². The number of nitrogens with one attached hydrogen (secondary N) is 1. The number of nitrogens with zero attached hydrogens (tertiary/aromatic N) is 1. The van der Waals surface area contributed by atoms with E-state index in [-0.39, 0.29) is 64.3 Å². The summed E-state index contributed by atoms with van der Waals surface area (Å²) in [7, 11) is 0. The molecule has 7 aliphatic carbocycles. The first-order valence-electron chi connectivity index (χ1n) is 19.5. The maximum Gasteiger partial charge on any atom is 0.408 e. The number of ketones is 2. The lowest BCUT2D eigenvalue weighted by atomic mass is 9.38. The van der Waals surface area contributed by atoms with E-state index in [2.05, 4.69) is 48.3 Å². The number of aliphatic hydroxyl groups excluding tert-OH is 1. The predicted octanol–water partition coefficient (Wildman–Crippen LogP) is 6.12. The van der Waals surface area contributed by atoms with Crippen LogP contribution in [0.1, 0.15) is 97.6 Å². The second-order valence-corrected chi connectivity index (χ2v) is 19.4. The van der Waals surface area contributed by atoms with Crippen LogP contribution >= 0.6 is 0 Å². The number of likely N-dealkylation sites (tertiary alicyclic amines) is 1. The third-order valence-corrected chi connectivity index (χ3v) is 14.9. The first kappa shape index (κ1) is 35.7. The van der Waals surface area contributed by atoms with Crippen LogP contribution in [-0.2, 0) is 36.8 Å². The Labute approximate surface area is 307 Å². The molecule has 9 rings (SSSR count). The molecule has 2 bridgehead atoms. The Morgan fingerprint density at radius 1 is 1.06 bits per heavy atom. The second kappa shape index (κ2) is 11.8. The van der Waals surface area contributed by atoms with Gasteiger partial charge in [0, 0.05) is 43.4 Å². The van der Waals surface area contributed by atoms with Crippen LogP contribution < -0.4 is 5.32 Å². The smallest absolute Gasteiger partial charge is 0.408 e. The van der Waals surface area contributed by atoms with Gasteiger partial charge in [0.2, 0.25) is 0 Å². The molecule has 1 aromatic carbocycles. The molecule has 9 nitrogen and oxygen atoms in total. The molecule has 1 saturated heterocycles. The number of esters is 1. The summed E-state index contributed by atoms with van der Waals surface area (Å²) in [5.74, 6) is 0.168. The van der Waals surface area contributed by atoms with Crippen molar-refractivity contribution in [1.82, 2.24) is 10.2 Å². The Balaban J connectivity index is 0.961. The van der Waals surface area contributed by atoms with Crippen LogP contribution in [0.4, 0.5) is 4.79 Å². The van der Waals surface area contributed by atoms with Gasteiger partial charge < -0.3 is 19.9 Å². The van der Waals surface area contributed by atoms with E-state index in [1.54, 1.807) is 12.2 Å². The van der Waals surface area contributed by atoms with E-state index >= 15 is 0 Å². The van der Waals surface area contributed by atoms with E-state index < -0.39 is 28.5 Å². The molecule has 8 aliphatic rings. The zero-order chi connectivity index (χ0) is 37.1. The maximum absolute atomic E-state index is 14.5. The average Bonchev–Trinajstić information content (AvgIpc) is 3.50. The average molecular weight is 713 g/mol. The van der Waals surface area contributed by atoms with E-state index in [0.29, 0.717) is 13.0 Å². The highest BCUT2D eigenvalue weighted by Crippen LogP contribution is 2.73. The third kappa shape index (κ3) is 5.54. The number of hydrogen-bond donors (Lipinski definition) is 2. The zero-order valence-corrected chi connectivity index (χ0v) is 31.8. The highest BCUT2D eigenvalue weighted by molar-refractivity contribution is 6.01. The molecule has 9 heteroatoms. The van der Waals surface area contributed by atoms with Crippen LogP contribution in [-0.4, -0.2) is 70.6 Å². The number of rotatable bonds is 8. The van der Waals surface area contributed by atoms with Crippen molar-refractivity contribution < 1.29 is 33.8 Å². The van der Waals surface area contributed by atoms with Crippen LogP contribution in [0.25, 0.3) is 0 Å². The van der Waals surface area contributed by atoms with Crippen molar-refractivity contribution in [2.24, 2.45) is 45.3 Å². The Hall–Kier alpha value is -3.30. The number of aliphatic hydroxyl groups is 1. The van der Waals surface area contributed by atoms with Gasteiger partial charge in [0.25, 0.3) is 0 Å². The number of allylic oxidation sites excluding steroid dienone is 4. The normalized spacial score (nSPS) is 41.3. The first-order valence-corrected chi connectivity index (χ1v) is 19.5. The summed E-state index contributed by atoms with van der Waals surface area (Å²) in [4.78, 5) is 53.5. The van der Waals surface area contributed by atoms with Crippen LogP contribution in [0, 0.1) is 45.3 Å². The standard InChI is InChI=1S/C43H56N2O7/c1-26(46)51-21-35(49)43-25-45(19-28-9-7-27(8-10-28)17-41-22-42(23-41,24-41)44-37(50)52-38(2,3)4)20-30(43)16-33-32-12-11-29-15-31(47)13-14-39(29,5)36(32)34(48)18-40(33,43)6/h7-10,13-15,30,32-34,36,48H,11-12,16-25H2,1-6H3,(H,44,50)/t30-,32-,33-,34-,36+,39-,40-,41?,42?,43+/m0/s1. The molecule has 1 aliphatic heterocycles. The number of Topliss-reactive ketones (excluding diaryl/α,β-unsaturated/α-hetero) is 1. The van der Waals surface area contributed by atoms with Gasteiger partial charge >= 0.3 is 12.1 Å². The minimum atomic E-state index is -0.720. The van der Waals surface area contributed by atoms with Crippen molar-refractivity contribution in [3.8, 4) is 0 Å². The molecule has 0 unspecified atom stereocenters. The minimum Gasteiger partial charge on any atom is -0.458 e. The van der Waals surface area contributed by atoms with Gasteiger partial charge in [-0.25, -0.2) is 4.79 Å². The monoisotopic (exact) mass is 712 g/mol. The van der Waals surface area contributed by atoms with Crippen molar-refractivity contribution in [3.63, 3.8) is 0 Å². The molecule has 7 fully saturated rings. The first-order chi connectivity index (χ1) is 24.4. The van der Waals surface area contributed by atoms with Crippen molar-refractivity contribution in [3.05, 3.63) is 59.2 Å². The van der Waals surface area contributed by atoms with Gasteiger partial charge in [-0.15, -0.1) is 0 Å². The van der Waals surface area contributed by atoms with Gasteiger partial charge in [0.1, 0.15) is 5.60 Å². The summed E-state index contributed by atoms with van der Waals surface area (Å²) in [6.45, 7) is 13.3. The molecule has 1 heterocycles. The highest BCUT2D eigenvalue weighted by Gasteiger charge is 2.73. The topological polar surface area (TPSA) is 122 Å². The number of hydrogen-bond acceptors (Lipinski definition) is 8. The molecular formula is C43H56N2O7. The summed E-state index contributed by atoms with van der Waals surface area (Å²) in [6, 6.07) is 8.90. The van der Waals surface area contributed by atoms with E-state index in [1.807, 2.05) is 26.8 Å². The summed E-state index contributed by atoms with van der Waals surface area (Å²) in [6.07, 6.45) is 11.7. The van der Waals surface area contributed by atoms with Crippen molar-refractivity contribution in [2.75, 3.05) is 19.7 Å². The Morgan fingerprint density at radius 2 is 1.75 bits per heavy atom. The number of carbonyl (C=O) groups is 4. The van der Waals surface area contributed by atoms with Crippen LogP contribution in [0.2, 0.25) is 0 Å². The van der Waals surface area contributed by atoms with Gasteiger partial charge in [-0.3, -0.25) is 19.3 Å². The van der Waals surface area contributed by atoms with Crippen LogP contribution in [0.15, 0.2) is 48.1 Å². The third-order valence-electron chi connectivity index (χ3n) is 14.9. The fourth-order valence-corrected chi connectivity index (χ4v) is 13.2. The lowest BCUT2D eigenvalue weighted by molar-refractivity contribution is -0.164. The fraction of sp³-hybridized carbons (Fsp3) is 0.674. The molecule has 0 spiro atoms. The zero-order valence-electron chi connectivity index (χ0n) is 31.8. The van der Waals surface area contributed by atoms with Crippen LogP contribution in [0.5, 0.6) is 0 Å². The van der Waals surface area contributed by atoms with Gasteiger partial charge in [-0.2, -0.15) is 0 Å². The maximum atomic E-state index is 14.5. The lowest BCUT2D eigenvalue weighted by Gasteiger charge is -2.70. The molecule has 6 saturated carbocycles. The number of ether oxygens (including phenoxy) is 2. The van der Waals surface area contributed by atoms with Gasteiger partial charge in [0.05, 0.1) is 11.5 Å². The van der Waals surface area contributed by atoms with Gasteiger partial charge in [-0.1, -0.05) is 49.8 Å². The molecule has 1 aromatic rings. The number of fused-ring (bicyclic) bond motifs is 7. The molecule has 1 amide bonds. The summed E-state index contributed by atoms with van der Waals surface area (Å²) in [5.41, 5.74) is 1.75. The van der Waals surface area contributed by atoms with E-state index in [4.69, 9.17) is 9.47 Å². The lowest BCUT2D eigenvalue weighted by Crippen LogP contribution is -2.75. The van der Waals surface area contributed by atoms with Gasteiger partial charge in [0.15, 0.2) is 18.2 Å². The van der Waals surface area contributed by atoms with Crippen LogP contribution in [0.3, 0.4) is 0 Å². The van der Waals surface area contributed by atoms with Gasteiger partial charge in [-0.05, 0) is 124 Å². The summed E-state index contributed by atoms with van der Waals surface area (Å²) in [5, 5.41) is 15.2. The number of amides is 1. The number of carbonyl (C=O) groups excluding carboxylic acids is 4. The van der Waals surface area contributed by atoms with Crippen molar-refractivity contribution >= 4 is 23.6 Å². The minimum absolute atomic E-state index is 0.000983. The predicted molar refractivity (Wildman–Crippen MR) is 195 cm³/mol. The molecule has 2 N–H and O–H groups in total. The van der Waals surface area contributed by atoms with E-state index in [9.17, 15) is 24.3 Å². The second-order valence-electron chi connectivity index (χ2n) is 19.4. The molecule has 52 heavy (non-hydrogen) atoms. The van der Waals surface area contributed by atoms with Crippen molar-refractivity contribution in [1.29, 1.82) is 0 Å². The molecule has 0 aromatic heterocycles. The summed E-state index contributed by atoms with van der Waals surface area (Å²) >= 11 is 0. The molecular weight excluding hydrogens is 656 g/mol. The molecule has 0 radical (unpaired) electrons. The Morgan fingerprint density at radius 3 is 2.42 bits per heavy atom. The number of benzene rings is 1.